The Bertz CT molecular complexity index is 881. The van der Waals surface area contributed by atoms with Crippen LogP contribution < -0.4 is 5.32 Å². The van der Waals surface area contributed by atoms with Crippen LogP contribution in [0.3, 0.4) is 0 Å². The molecular formula is C18H14F3N3O. The van der Waals surface area contributed by atoms with Gasteiger partial charge in [-0.15, -0.1) is 0 Å². The van der Waals surface area contributed by atoms with Gasteiger partial charge in [-0.1, -0.05) is 24.3 Å². The molecule has 0 fully saturated rings. The summed E-state index contributed by atoms with van der Waals surface area (Å²) >= 11 is 0. The fraction of sp³-hybridized carbons (Fsp3) is 0.111. The molecule has 2 aromatic carbocycles. The maximum absolute atomic E-state index is 12.8. The van der Waals surface area contributed by atoms with E-state index in [1.54, 1.807) is 24.3 Å². The maximum atomic E-state index is 12.8. The molecule has 1 heterocycles. The number of rotatable bonds is 4. The van der Waals surface area contributed by atoms with Crippen LogP contribution in [-0.2, 0) is 12.7 Å². The van der Waals surface area contributed by atoms with Crippen molar-refractivity contribution in [3.8, 4) is 17.0 Å². The first-order valence-corrected chi connectivity index (χ1v) is 7.44. The van der Waals surface area contributed by atoms with Crippen molar-refractivity contribution < 1.29 is 18.3 Å². The first kappa shape index (κ1) is 16.8. The molecule has 0 aliphatic rings. The molecule has 0 amide bonds. The van der Waals surface area contributed by atoms with Crippen LogP contribution in [0.25, 0.3) is 11.3 Å². The van der Waals surface area contributed by atoms with Gasteiger partial charge in [0.05, 0.1) is 5.56 Å². The first-order chi connectivity index (χ1) is 11.9. The van der Waals surface area contributed by atoms with Crippen LogP contribution in [0.1, 0.15) is 11.1 Å². The molecule has 0 atom stereocenters. The Balaban J connectivity index is 1.83. The summed E-state index contributed by atoms with van der Waals surface area (Å²) in [7, 11) is 0. The number of aromatic hydroxyl groups is 1. The van der Waals surface area contributed by atoms with Gasteiger partial charge in [-0.05, 0) is 29.8 Å². The van der Waals surface area contributed by atoms with Crippen molar-refractivity contribution >= 4 is 5.82 Å². The molecule has 2 N–H and O–H groups in total. The molecule has 0 radical (unpaired) electrons. The van der Waals surface area contributed by atoms with E-state index < -0.39 is 11.7 Å². The Morgan fingerprint density at radius 1 is 0.960 bits per heavy atom. The highest BCUT2D eigenvalue weighted by Gasteiger charge is 2.30. The topological polar surface area (TPSA) is 58.0 Å². The van der Waals surface area contributed by atoms with Crippen LogP contribution in [-0.4, -0.2) is 15.1 Å². The Kier molecular flexibility index (Phi) is 4.56. The minimum atomic E-state index is -4.38. The van der Waals surface area contributed by atoms with Gasteiger partial charge in [0, 0.05) is 24.5 Å². The van der Waals surface area contributed by atoms with Gasteiger partial charge in [0.2, 0.25) is 0 Å². The summed E-state index contributed by atoms with van der Waals surface area (Å²) in [6.45, 7) is 0.161. The summed E-state index contributed by atoms with van der Waals surface area (Å²) in [4.78, 5) is 8.44. The molecule has 128 valence electrons. The number of phenolic OH excluding ortho intramolecular Hbond substituents is 1. The molecule has 25 heavy (non-hydrogen) atoms. The predicted octanol–water partition coefficient (Wildman–Crippen LogP) is 4.48. The second-order valence-corrected chi connectivity index (χ2v) is 5.36. The van der Waals surface area contributed by atoms with Crippen LogP contribution >= 0.6 is 0 Å². The van der Waals surface area contributed by atoms with Crippen molar-refractivity contribution in [3.63, 3.8) is 0 Å². The average molecular weight is 345 g/mol. The Hall–Kier alpha value is -3.09. The van der Waals surface area contributed by atoms with E-state index in [1.807, 2.05) is 0 Å². The second kappa shape index (κ2) is 6.80. The molecule has 0 aliphatic heterocycles. The van der Waals surface area contributed by atoms with Crippen molar-refractivity contribution in [2.45, 2.75) is 12.7 Å². The summed E-state index contributed by atoms with van der Waals surface area (Å²) in [6.07, 6.45) is -1.38. The normalized spacial score (nSPS) is 11.3. The Labute approximate surface area is 142 Å². The minimum absolute atomic E-state index is 0.0898. The first-order valence-electron chi connectivity index (χ1n) is 7.44. The molecule has 0 bridgehead atoms. The molecule has 4 nitrogen and oxygen atoms in total. The van der Waals surface area contributed by atoms with Gasteiger partial charge >= 0.3 is 6.18 Å². The molecule has 3 aromatic rings. The highest BCUT2D eigenvalue weighted by atomic mass is 19.4. The smallest absolute Gasteiger partial charge is 0.416 e. The fourth-order valence-corrected chi connectivity index (χ4v) is 2.38. The number of phenols is 1. The number of anilines is 1. The van der Waals surface area contributed by atoms with E-state index in [9.17, 15) is 18.3 Å². The van der Waals surface area contributed by atoms with Crippen LogP contribution in [0.2, 0.25) is 0 Å². The van der Waals surface area contributed by atoms with Crippen LogP contribution in [0.4, 0.5) is 19.0 Å². The summed E-state index contributed by atoms with van der Waals surface area (Å²) < 4.78 is 38.4. The van der Waals surface area contributed by atoms with Crippen LogP contribution in [0.5, 0.6) is 5.75 Å². The van der Waals surface area contributed by atoms with Crippen molar-refractivity contribution in [1.29, 1.82) is 0 Å². The SMILES string of the molecule is Oc1cccc(-c2nccnc2NCc2cccc(C(F)(F)F)c2)c1. The van der Waals surface area contributed by atoms with E-state index in [2.05, 4.69) is 15.3 Å². The van der Waals surface area contributed by atoms with Gasteiger partial charge in [0.15, 0.2) is 5.82 Å². The number of alkyl halides is 3. The highest BCUT2D eigenvalue weighted by Crippen LogP contribution is 2.30. The van der Waals surface area contributed by atoms with E-state index in [4.69, 9.17) is 0 Å². The quantitative estimate of drug-likeness (QED) is 0.732. The van der Waals surface area contributed by atoms with E-state index in [-0.39, 0.29) is 12.3 Å². The predicted molar refractivity (Wildman–Crippen MR) is 87.9 cm³/mol. The summed E-state index contributed by atoms with van der Waals surface area (Å²) in [5.41, 5.74) is 0.937. The molecule has 3 rings (SSSR count). The maximum Gasteiger partial charge on any atom is 0.416 e. The molecule has 0 saturated carbocycles. The highest BCUT2D eigenvalue weighted by molar-refractivity contribution is 5.72. The number of nitrogens with one attached hydrogen (secondary N) is 1. The molecule has 1 aromatic heterocycles. The van der Waals surface area contributed by atoms with E-state index >= 15 is 0 Å². The number of benzene rings is 2. The Morgan fingerprint density at radius 3 is 2.48 bits per heavy atom. The lowest BCUT2D eigenvalue weighted by Crippen LogP contribution is -2.08. The summed E-state index contributed by atoms with van der Waals surface area (Å²) in [5, 5.41) is 12.6. The zero-order chi connectivity index (χ0) is 17.9. The van der Waals surface area contributed by atoms with Crippen LogP contribution in [0, 0.1) is 0 Å². The van der Waals surface area contributed by atoms with Gasteiger partial charge in [0.25, 0.3) is 0 Å². The van der Waals surface area contributed by atoms with Gasteiger partial charge in [0.1, 0.15) is 11.4 Å². The van der Waals surface area contributed by atoms with Crippen molar-refractivity contribution in [2.75, 3.05) is 5.32 Å². The monoisotopic (exact) mass is 345 g/mol. The lowest BCUT2D eigenvalue weighted by Gasteiger charge is -2.12. The fourth-order valence-electron chi connectivity index (χ4n) is 2.38. The summed E-state index contributed by atoms with van der Waals surface area (Å²) in [5.74, 6) is 0.512. The third-order valence-electron chi connectivity index (χ3n) is 3.53. The molecule has 0 saturated heterocycles. The van der Waals surface area contributed by atoms with Crippen molar-refractivity contribution in [3.05, 3.63) is 72.1 Å². The van der Waals surface area contributed by atoms with E-state index in [1.165, 1.54) is 24.5 Å². The van der Waals surface area contributed by atoms with Gasteiger partial charge in [-0.3, -0.25) is 4.98 Å². The molecule has 7 heteroatoms. The third-order valence-corrected chi connectivity index (χ3v) is 3.53. The standard InChI is InChI=1S/C18H14F3N3O/c19-18(20,21)14-5-1-3-12(9-14)11-24-17-16(22-7-8-23-17)13-4-2-6-15(25)10-13/h1-10,25H,11H2,(H,23,24). The number of hydrogen-bond acceptors (Lipinski definition) is 4. The second-order valence-electron chi connectivity index (χ2n) is 5.36. The number of hydrogen-bond donors (Lipinski definition) is 2. The molecule has 0 unspecified atom stereocenters. The zero-order valence-corrected chi connectivity index (χ0v) is 13.0. The lowest BCUT2D eigenvalue weighted by atomic mass is 10.1. The number of aromatic nitrogens is 2. The molecule has 0 spiro atoms. The largest absolute Gasteiger partial charge is 0.508 e. The Morgan fingerprint density at radius 2 is 1.72 bits per heavy atom. The minimum Gasteiger partial charge on any atom is -0.508 e. The van der Waals surface area contributed by atoms with E-state index in [0.717, 1.165) is 12.1 Å². The number of halogens is 3. The lowest BCUT2D eigenvalue weighted by molar-refractivity contribution is -0.137. The van der Waals surface area contributed by atoms with Crippen LogP contribution in [0.15, 0.2) is 60.9 Å². The molecular weight excluding hydrogens is 331 g/mol. The third kappa shape index (κ3) is 4.06. The van der Waals surface area contributed by atoms with Gasteiger partial charge in [-0.25, -0.2) is 4.98 Å². The molecule has 0 aliphatic carbocycles. The zero-order valence-electron chi connectivity index (χ0n) is 13.0. The van der Waals surface area contributed by atoms with Crippen molar-refractivity contribution in [2.24, 2.45) is 0 Å². The summed E-state index contributed by atoms with van der Waals surface area (Å²) in [6, 6.07) is 11.6. The van der Waals surface area contributed by atoms with Gasteiger partial charge < -0.3 is 10.4 Å². The van der Waals surface area contributed by atoms with Gasteiger partial charge in [-0.2, -0.15) is 13.2 Å². The van der Waals surface area contributed by atoms with Crippen molar-refractivity contribution in [1.82, 2.24) is 9.97 Å². The number of nitrogens with zero attached hydrogens (tertiary/aromatic N) is 2. The van der Waals surface area contributed by atoms with E-state index in [0.29, 0.717) is 22.6 Å². The average Bonchev–Trinajstić information content (AvgIpc) is 2.60.